The van der Waals surface area contributed by atoms with E-state index < -0.39 is 11.7 Å². The standard InChI is InChI=1S/C13H12F3N/c1-8(17)9-5-6-11-10(7-9)3-2-4-12(11)13(14,15)16/h2-8H,17H2,1H3. The molecule has 2 aromatic rings. The van der Waals surface area contributed by atoms with Gasteiger partial charge in [-0.1, -0.05) is 24.3 Å². The van der Waals surface area contributed by atoms with Gasteiger partial charge < -0.3 is 5.73 Å². The second kappa shape index (κ2) is 4.04. The number of rotatable bonds is 1. The fraction of sp³-hybridized carbons (Fsp3) is 0.231. The second-order valence-corrected chi connectivity index (χ2v) is 4.07. The summed E-state index contributed by atoms with van der Waals surface area (Å²) in [5.41, 5.74) is 5.93. The van der Waals surface area contributed by atoms with Crippen LogP contribution >= 0.6 is 0 Å². The molecule has 2 aromatic carbocycles. The molecule has 0 spiro atoms. The zero-order valence-electron chi connectivity index (χ0n) is 9.25. The fourth-order valence-corrected chi connectivity index (χ4v) is 1.83. The third-order valence-corrected chi connectivity index (χ3v) is 2.74. The Labute approximate surface area is 97.0 Å². The van der Waals surface area contributed by atoms with Crippen molar-refractivity contribution in [3.05, 3.63) is 47.5 Å². The van der Waals surface area contributed by atoms with Crippen molar-refractivity contribution >= 4 is 10.8 Å². The number of fused-ring (bicyclic) bond motifs is 1. The highest BCUT2D eigenvalue weighted by molar-refractivity contribution is 5.86. The molecule has 4 heteroatoms. The van der Waals surface area contributed by atoms with E-state index in [9.17, 15) is 13.2 Å². The van der Waals surface area contributed by atoms with Crippen LogP contribution in [-0.2, 0) is 6.18 Å². The van der Waals surface area contributed by atoms with Gasteiger partial charge in [0.05, 0.1) is 5.56 Å². The molecule has 0 aliphatic rings. The number of halogens is 3. The summed E-state index contributed by atoms with van der Waals surface area (Å²) in [7, 11) is 0. The van der Waals surface area contributed by atoms with Crippen molar-refractivity contribution in [2.75, 3.05) is 0 Å². The summed E-state index contributed by atoms with van der Waals surface area (Å²) in [5.74, 6) is 0. The van der Waals surface area contributed by atoms with Crippen molar-refractivity contribution < 1.29 is 13.2 Å². The molecule has 0 fully saturated rings. The zero-order chi connectivity index (χ0) is 12.6. The first-order valence-electron chi connectivity index (χ1n) is 5.25. The number of alkyl halides is 3. The zero-order valence-corrected chi connectivity index (χ0v) is 9.25. The van der Waals surface area contributed by atoms with Crippen molar-refractivity contribution in [1.82, 2.24) is 0 Å². The topological polar surface area (TPSA) is 26.0 Å². The summed E-state index contributed by atoms with van der Waals surface area (Å²) in [5, 5.41) is 0.777. The molecule has 1 unspecified atom stereocenters. The number of hydrogen-bond donors (Lipinski definition) is 1. The maximum absolute atomic E-state index is 12.8. The molecule has 17 heavy (non-hydrogen) atoms. The number of hydrogen-bond acceptors (Lipinski definition) is 1. The summed E-state index contributed by atoms with van der Waals surface area (Å²) in [6, 6.07) is 8.81. The third-order valence-electron chi connectivity index (χ3n) is 2.74. The Hall–Kier alpha value is -1.55. The Balaban J connectivity index is 2.67. The van der Waals surface area contributed by atoms with E-state index in [1.165, 1.54) is 12.1 Å². The van der Waals surface area contributed by atoms with E-state index in [0.29, 0.717) is 5.39 Å². The molecule has 0 bridgehead atoms. The highest BCUT2D eigenvalue weighted by atomic mass is 19.4. The molecule has 0 aliphatic heterocycles. The largest absolute Gasteiger partial charge is 0.417 e. The molecule has 90 valence electrons. The van der Waals surface area contributed by atoms with Crippen molar-refractivity contribution in [3.8, 4) is 0 Å². The lowest BCUT2D eigenvalue weighted by Gasteiger charge is -2.12. The highest BCUT2D eigenvalue weighted by Gasteiger charge is 2.32. The molecule has 1 atom stereocenters. The lowest BCUT2D eigenvalue weighted by atomic mass is 9.99. The predicted octanol–water partition coefficient (Wildman–Crippen LogP) is 3.88. The molecule has 0 aliphatic carbocycles. The number of benzene rings is 2. The number of nitrogens with two attached hydrogens (primary N) is 1. The Morgan fingerprint density at radius 1 is 1.12 bits per heavy atom. The Kier molecular flexibility index (Phi) is 2.83. The minimum Gasteiger partial charge on any atom is -0.324 e. The maximum Gasteiger partial charge on any atom is 0.417 e. The third kappa shape index (κ3) is 2.26. The van der Waals surface area contributed by atoms with Crippen LogP contribution in [0.1, 0.15) is 24.1 Å². The lowest BCUT2D eigenvalue weighted by molar-refractivity contribution is -0.136. The Morgan fingerprint density at radius 3 is 2.41 bits per heavy atom. The van der Waals surface area contributed by atoms with Crippen LogP contribution in [0, 0.1) is 0 Å². The average Bonchev–Trinajstić information content (AvgIpc) is 2.26. The first-order chi connectivity index (χ1) is 7.89. The highest BCUT2D eigenvalue weighted by Crippen LogP contribution is 2.35. The van der Waals surface area contributed by atoms with Gasteiger partial charge in [0, 0.05) is 6.04 Å². The van der Waals surface area contributed by atoms with E-state index in [4.69, 9.17) is 5.73 Å². The molecule has 2 rings (SSSR count). The van der Waals surface area contributed by atoms with Crippen LogP contribution in [-0.4, -0.2) is 0 Å². The van der Waals surface area contributed by atoms with E-state index in [1.807, 2.05) is 0 Å². The van der Waals surface area contributed by atoms with Crippen LogP contribution in [0.15, 0.2) is 36.4 Å². The van der Waals surface area contributed by atoms with Gasteiger partial charge in [-0.2, -0.15) is 13.2 Å². The molecule has 2 N–H and O–H groups in total. The van der Waals surface area contributed by atoms with Crippen LogP contribution in [0.5, 0.6) is 0 Å². The van der Waals surface area contributed by atoms with Gasteiger partial charge in [-0.3, -0.25) is 0 Å². The van der Waals surface area contributed by atoms with Gasteiger partial charge in [0.1, 0.15) is 0 Å². The van der Waals surface area contributed by atoms with Crippen LogP contribution in [0.2, 0.25) is 0 Å². The van der Waals surface area contributed by atoms with E-state index in [-0.39, 0.29) is 11.4 Å². The van der Waals surface area contributed by atoms with Crippen molar-refractivity contribution in [2.45, 2.75) is 19.1 Å². The van der Waals surface area contributed by atoms with Gasteiger partial charge >= 0.3 is 6.18 Å². The van der Waals surface area contributed by atoms with E-state index in [0.717, 1.165) is 11.6 Å². The van der Waals surface area contributed by atoms with Gasteiger partial charge in [-0.15, -0.1) is 0 Å². The molecule has 0 saturated carbocycles. The van der Waals surface area contributed by atoms with Crippen molar-refractivity contribution in [1.29, 1.82) is 0 Å². The van der Waals surface area contributed by atoms with Gasteiger partial charge in [0.25, 0.3) is 0 Å². The van der Waals surface area contributed by atoms with Crippen molar-refractivity contribution in [2.24, 2.45) is 5.73 Å². The molecular weight excluding hydrogens is 227 g/mol. The molecule has 0 radical (unpaired) electrons. The summed E-state index contributed by atoms with van der Waals surface area (Å²) in [4.78, 5) is 0. The lowest BCUT2D eigenvalue weighted by Crippen LogP contribution is -2.07. The van der Waals surface area contributed by atoms with E-state index >= 15 is 0 Å². The molecule has 0 aromatic heterocycles. The quantitative estimate of drug-likeness (QED) is 0.803. The molecule has 0 saturated heterocycles. The molecule has 0 heterocycles. The average molecular weight is 239 g/mol. The summed E-state index contributed by atoms with van der Waals surface area (Å²) >= 11 is 0. The monoisotopic (exact) mass is 239 g/mol. The molecule has 0 amide bonds. The van der Waals surface area contributed by atoms with E-state index in [1.54, 1.807) is 25.1 Å². The predicted molar refractivity (Wildman–Crippen MR) is 61.6 cm³/mol. The fourth-order valence-electron chi connectivity index (χ4n) is 1.83. The van der Waals surface area contributed by atoms with Crippen LogP contribution in [0.25, 0.3) is 10.8 Å². The van der Waals surface area contributed by atoms with Crippen LogP contribution in [0.4, 0.5) is 13.2 Å². The molecule has 1 nitrogen and oxygen atoms in total. The van der Waals surface area contributed by atoms with Gasteiger partial charge in [-0.25, -0.2) is 0 Å². The van der Waals surface area contributed by atoms with Gasteiger partial charge in [0.15, 0.2) is 0 Å². The van der Waals surface area contributed by atoms with Gasteiger partial charge in [-0.05, 0) is 35.4 Å². The Morgan fingerprint density at radius 2 is 1.82 bits per heavy atom. The van der Waals surface area contributed by atoms with Gasteiger partial charge in [0.2, 0.25) is 0 Å². The summed E-state index contributed by atoms with van der Waals surface area (Å²) < 4.78 is 38.3. The SMILES string of the molecule is CC(N)c1ccc2c(C(F)(F)F)cccc2c1. The minimum absolute atomic E-state index is 0.186. The summed E-state index contributed by atoms with van der Waals surface area (Å²) in [6.07, 6.45) is -4.32. The van der Waals surface area contributed by atoms with Crippen LogP contribution in [0.3, 0.4) is 0 Å². The first-order valence-corrected chi connectivity index (χ1v) is 5.25. The minimum atomic E-state index is -4.32. The maximum atomic E-state index is 12.8. The smallest absolute Gasteiger partial charge is 0.324 e. The second-order valence-electron chi connectivity index (χ2n) is 4.07. The van der Waals surface area contributed by atoms with Crippen molar-refractivity contribution in [3.63, 3.8) is 0 Å². The normalized spacial score (nSPS) is 13.9. The molecular formula is C13H12F3N. The summed E-state index contributed by atoms with van der Waals surface area (Å²) in [6.45, 7) is 1.80. The van der Waals surface area contributed by atoms with E-state index in [2.05, 4.69) is 0 Å². The Bertz CT molecular complexity index is 544. The first kappa shape index (κ1) is 11.9. The van der Waals surface area contributed by atoms with Crippen LogP contribution < -0.4 is 5.73 Å².